The van der Waals surface area contributed by atoms with Crippen LogP contribution in [0.4, 0.5) is 0 Å². The van der Waals surface area contributed by atoms with Crippen LogP contribution >= 0.6 is 11.3 Å². The second-order valence-electron chi connectivity index (χ2n) is 2.42. The van der Waals surface area contributed by atoms with Gasteiger partial charge in [0.1, 0.15) is 6.54 Å². The maximum Gasteiger partial charge on any atom is 0.318 e. The first-order valence-corrected chi connectivity index (χ1v) is 5.85. The molecule has 0 radical (unpaired) electrons. The standard InChI is InChI=1S/C6H8N2O4S2/c1-4-7-3-6(13-4)14(11,12)8-2-5(9)10/h3,8H,2H2,1H3,(H,9,10). The van der Waals surface area contributed by atoms with Gasteiger partial charge in [-0.1, -0.05) is 0 Å². The van der Waals surface area contributed by atoms with E-state index in [9.17, 15) is 13.2 Å². The van der Waals surface area contributed by atoms with Crippen molar-refractivity contribution in [2.24, 2.45) is 0 Å². The summed E-state index contributed by atoms with van der Waals surface area (Å²) in [6, 6.07) is 0. The van der Waals surface area contributed by atoms with Crippen LogP contribution in [-0.4, -0.2) is 31.0 Å². The maximum absolute atomic E-state index is 11.3. The van der Waals surface area contributed by atoms with Gasteiger partial charge in [-0.2, -0.15) is 4.72 Å². The molecule has 1 heterocycles. The molecule has 0 unspecified atom stereocenters. The molecule has 0 fully saturated rings. The molecule has 6 nitrogen and oxygen atoms in total. The first-order chi connectivity index (χ1) is 6.42. The third kappa shape index (κ3) is 2.76. The quantitative estimate of drug-likeness (QED) is 0.755. The lowest BCUT2D eigenvalue weighted by atomic mass is 10.7. The molecule has 0 aliphatic rings. The molecule has 0 saturated carbocycles. The van der Waals surface area contributed by atoms with Gasteiger partial charge in [0.05, 0.1) is 11.2 Å². The minimum atomic E-state index is -3.71. The smallest absolute Gasteiger partial charge is 0.318 e. The number of carbonyl (C=O) groups is 1. The molecule has 0 aliphatic carbocycles. The molecule has 14 heavy (non-hydrogen) atoms. The van der Waals surface area contributed by atoms with Gasteiger partial charge in [-0.15, -0.1) is 11.3 Å². The molecule has 1 aromatic rings. The summed E-state index contributed by atoms with van der Waals surface area (Å²) >= 11 is 0.992. The van der Waals surface area contributed by atoms with Crippen LogP contribution in [0.3, 0.4) is 0 Å². The Balaban J connectivity index is 2.81. The van der Waals surface area contributed by atoms with Gasteiger partial charge in [-0.3, -0.25) is 4.79 Å². The van der Waals surface area contributed by atoms with E-state index in [1.807, 2.05) is 4.72 Å². The van der Waals surface area contributed by atoms with E-state index in [4.69, 9.17) is 5.11 Å². The molecule has 2 N–H and O–H groups in total. The van der Waals surface area contributed by atoms with Gasteiger partial charge in [0.15, 0.2) is 4.21 Å². The Morgan fingerprint density at radius 1 is 1.71 bits per heavy atom. The molecule has 0 atom stereocenters. The maximum atomic E-state index is 11.3. The van der Waals surface area contributed by atoms with E-state index in [2.05, 4.69) is 4.98 Å². The van der Waals surface area contributed by atoms with Crippen LogP contribution in [0.2, 0.25) is 0 Å². The zero-order chi connectivity index (χ0) is 10.8. The number of nitrogens with zero attached hydrogens (tertiary/aromatic N) is 1. The van der Waals surface area contributed by atoms with Gasteiger partial charge in [0.2, 0.25) is 0 Å². The number of aliphatic carboxylic acids is 1. The lowest BCUT2D eigenvalue weighted by Crippen LogP contribution is -2.28. The fourth-order valence-electron chi connectivity index (χ4n) is 0.694. The van der Waals surface area contributed by atoms with Gasteiger partial charge in [-0.05, 0) is 6.92 Å². The fourth-order valence-corrected chi connectivity index (χ4v) is 2.82. The van der Waals surface area contributed by atoms with Crippen LogP contribution in [0.15, 0.2) is 10.4 Å². The molecule has 1 rings (SSSR count). The fraction of sp³-hybridized carbons (Fsp3) is 0.333. The van der Waals surface area contributed by atoms with E-state index in [-0.39, 0.29) is 4.21 Å². The summed E-state index contributed by atoms with van der Waals surface area (Å²) in [5.74, 6) is -1.23. The Labute approximate surface area is 84.7 Å². The summed E-state index contributed by atoms with van der Waals surface area (Å²) in [5.41, 5.74) is 0. The van der Waals surface area contributed by atoms with Crippen LogP contribution in [0.25, 0.3) is 0 Å². The number of carboxylic acid groups (broad SMARTS) is 1. The number of rotatable bonds is 4. The molecule has 1 aromatic heterocycles. The molecule has 0 amide bonds. The van der Waals surface area contributed by atoms with Crippen molar-refractivity contribution in [3.8, 4) is 0 Å². The molecule has 8 heteroatoms. The minimum Gasteiger partial charge on any atom is -0.480 e. The first-order valence-electron chi connectivity index (χ1n) is 3.56. The molecule has 0 aliphatic heterocycles. The van der Waals surface area contributed by atoms with Crippen molar-refractivity contribution in [3.63, 3.8) is 0 Å². The monoisotopic (exact) mass is 236 g/mol. The van der Waals surface area contributed by atoms with E-state index < -0.39 is 22.5 Å². The van der Waals surface area contributed by atoms with Crippen molar-refractivity contribution in [2.45, 2.75) is 11.1 Å². The number of carboxylic acids is 1. The zero-order valence-electron chi connectivity index (χ0n) is 7.22. The van der Waals surface area contributed by atoms with Crippen LogP contribution in [0.5, 0.6) is 0 Å². The van der Waals surface area contributed by atoms with Gasteiger partial charge in [0, 0.05) is 0 Å². The first kappa shape index (κ1) is 11.1. The van der Waals surface area contributed by atoms with Gasteiger partial charge in [0.25, 0.3) is 10.0 Å². The van der Waals surface area contributed by atoms with Crippen molar-refractivity contribution in [2.75, 3.05) is 6.54 Å². The van der Waals surface area contributed by atoms with E-state index in [1.165, 1.54) is 6.20 Å². The van der Waals surface area contributed by atoms with Gasteiger partial charge < -0.3 is 5.11 Å². The highest BCUT2D eigenvalue weighted by molar-refractivity contribution is 7.91. The Bertz CT molecular complexity index is 436. The minimum absolute atomic E-state index is 0.0243. The number of thiazole rings is 1. The van der Waals surface area contributed by atoms with E-state index >= 15 is 0 Å². The second-order valence-corrected chi connectivity index (χ2v) is 5.65. The Morgan fingerprint density at radius 3 is 2.79 bits per heavy atom. The summed E-state index contributed by atoms with van der Waals surface area (Å²) in [7, 11) is -3.71. The third-order valence-corrected chi connectivity index (χ3v) is 4.05. The predicted molar refractivity (Wildman–Crippen MR) is 49.7 cm³/mol. The average Bonchev–Trinajstić information content (AvgIpc) is 2.49. The topological polar surface area (TPSA) is 96.4 Å². The Kier molecular flexibility index (Phi) is 3.19. The van der Waals surface area contributed by atoms with Crippen molar-refractivity contribution >= 4 is 27.3 Å². The largest absolute Gasteiger partial charge is 0.480 e. The Morgan fingerprint density at radius 2 is 2.36 bits per heavy atom. The highest BCUT2D eigenvalue weighted by Crippen LogP contribution is 2.16. The number of hydrogen-bond acceptors (Lipinski definition) is 5. The SMILES string of the molecule is Cc1ncc(S(=O)(=O)NCC(=O)O)s1. The van der Waals surface area contributed by atoms with Crippen molar-refractivity contribution in [1.29, 1.82) is 0 Å². The van der Waals surface area contributed by atoms with Crippen LogP contribution < -0.4 is 4.72 Å². The lowest BCUT2D eigenvalue weighted by molar-refractivity contribution is -0.135. The highest BCUT2D eigenvalue weighted by Gasteiger charge is 2.17. The summed E-state index contributed by atoms with van der Waals surface area (Å²) in [5, 5.41) is 8.90. The number of nitrogens with one attached hydrogen (secondary N) is 1. The highest BCUT2D eigenvalue weighted by atomic mass is 32.2. The number of aromatic nitrogens is 1. The number of sulfonamides is 1. The van der Waals surface area contributed by atoms with Crippen molar-refractivity contribution in [1.82, 2.24) is 9.71 Å². The van der Waals surface area contributed by atoms with Crippen LogP contribution in [0, 0.1) is 6.92 Å². The van der Waals surface area contributed by atoms with E-state index in [0.717, 1.165) is 11.3 Å². The average molecular weight is 236 g/mol. The summed E-state index contributed by atoms with van der Waals surface area (Å²) in [4.78, 5) is 13.9. The Hall–Kier alpha value is -0.990. The summed E-state index contributed by atoms with van der Waals surface area (Å²) in [6.45, 7) is 1.04. The molecule has 0 bridgehead atoms. The molecular weight excluding hydrogens is 228 g/mol. The summed E-state index contributed by atoms with van der Waals surface area (Å²) < 4.78 is 24.6. The molecule has 0 saturated heterocycles. The van der Waals surface area contributed by atoms with E-state index in [1.54, 1.807) is 6.92 Å². The predicted octanol–water partition coefficient (Wildman–Crippen LogP) is -0.186. The van der Waals surface area contributed by atoms with Crippen molar-refractivity contribution in [3.05, 3.63) is 11.2 Å². The van der Waals surface area contributed by atoms with E-state index in [0.29, 0.717) is 5.01 Å². The number of aryl methyl sites for hydroxylation is 1. The molecule has 78 valence electrons. The van der Waals surface area contributed by atoms with Crippen LogP contribution in [0.1, 0.15) is 5.01 Å². The number of hydrogen-bond donors (Lipinski definition) is 2. The molecular formula is C6H8N2O4S2. The normalized spacial score (nSPS) is 11.5. The molecule has 0 spiro atoms. The lowest BCUT2D eigenvalue weighted by Gasteiger charge is -1.99. The zero-order valence-corrected chi connectivity index (χ0v) is 8.85. The summed E-state index contributed by atoms with van der Waals surface area (Å²) in [6.07, 6.45) is 1.20. The van der Waals surface area contributed by atoms with Gasteiger partial charge >= 0.3 is 5.97 Å². The van der Waals surface area contributed by atoms with Crippen molar-refractivity contribution < 1.29 is 18.3 Å². The third-order valence-electron chi connectivity index (χ3n) is 1.28. The molecule has 0 aromatic carbocycles. The van der Waals surface area contributed by atoms with Crippen LogP contribution in [-0.2, 0) is 14.8 Å². The van der Waals surface area contributed by atoms with Gasteiger partial charge in [-0.25, -0.2) is 13.4 Å². The second kappa shape index (κ2) is 4.03.